The summed E-state index contributed by atoms with van der Waals surface area (Å²) >= 11 is 1.94. The number of nitrogens with zero attached hydrogens (tertiary/aromatic N) is 1. The van der Waals surface area contributed by atoms with E-state index < -0.39 is 0 Å². The van der Waals surface area contributed by atoms with E-state index in [1.54, 1.807) is 18.2 Å². The molecule has 2 aliphatic heterocycles. The van der Waals surface area contributed by atoms with Crippen LogP contribution in [0.4, 0.5) is 16.2 Å². The lowest BCUT2D eigenvalue weighted by molar-refractivity contribution is -0.114. The van der Waals surface area contributed by atoms with Crippen LogP contribution in [-0.4, -0.2) is 73.8 Å². The summed E-state index contributed by atoms with van der Waals surface area (Å²) < 4.78 is 10.8. The highest BCUT2D eigenvalue weighted by molar-refractivity contribution is 7.99. The number of urea groups is 1. The van der Waals surface area contributed by atoms with Crippen LogP contribution in [0.25, 0.3) is 0 Å². The summed E-state index contributed by atoms with van der Waals surface area (Å²) in [7, 11) is 1.52. The molecule has 28 heavy (non-hydrogen) atoms. The van der Waals surface area contributed by atoms with Gasteiger partial charge in [0, 0.05) is 49.6 Å². The Morgan fingerprint density at radius 1 is 1.29 bits per heavy atom. The van der Waals surface area contributed by atoms with Crippen LogP contribution in [0.15, 0.2) is 18.2 Å². The lowest BCUT2D eigenvalue weighted by atomic mass is 9.95. The molecule has 2 saturated heterocycles. The second-order valence-electron chi connectivity index (χ2n) is 7.03. The number of amides is 3. The minimum Gasteiger partial charge on any atom is -0.494 e. The second-order valence-corrected chi connectivity index (χ2v) is 8.14. The third kappa shape index (κ3) is 5.09. The van der Waals surface area contributed by atoms with Crippen LogP contribution in [0.2, 0.25) is 0 Å². The van der Waals surface area contributed by atoms with Crippen LogP contribution in [-0.2, 0) is 9.53 Å². The second kappa shape index (κ2) is 9.49. The average molecular weight is 409 g/mol. The smallest absolute Gasteiger partial charge is 0.319 e. The average Bonchev–Trinajstić information content (AvgIpc) is 3.18. The summed E-state index contributed by atoms with van der Waals surface area (Å²) in [6.07, 6.45) is 1.07. The molecule has 9 heteroatoms. The molecule has 2 aliphatic rings. The van der Waals surface area contributed by atoms with E-state index in [0.29, 0.717) is 23.7 Å². The maximum absolute atomic E-state index is 12.5. The predicted molar refractivity (Wildman–Crippen MR) is 111 cm³/mol. The summed E-state index contributed by atoms with van der Waals surface area (Å²) in [6.45, 7) is 5.35. The van der Waals surface area contributed by atoms with Crippen molar-refractivity contribution in [2.45, 2.75) is 18.9 Å². The Bertz CT molecular complexity index is 703. The highest BCUT2D eigenvalue weighted by Gasteiger charge is 2.40. The predicted octanol–water partition coefficient (Wildman–Crippen LogP) is 1.98. The first-order chi connectivity index (χ1) is 13.5. The molecule has 1 aromatic carbocycles. The highest BCUT2D eigenvalue weighted by atomic mass is 32.2. The Morgan fingerprint density at radius 2 is 2.07 bits per heavy atom. The van der Waals surface area contributed by atoms with E-state index in [0.717, 1.165) is 44.2 Å². The molecule has 3 N–H and O–H groups in total. The van der Waals surface area contributed by atoms with Crippen LogP contribution >= 0.6 is 11.8 Å². The van der Waals surface area contributed by atoms with Gasteiger partial charge in [-0.3, -0.25) is 9.69 Å². The van der Waals surface area contributed by atoms with Crippen molar-refractivity contribution in [2.24, 2.45) is 0 Å². The van der Waals surface area contributed by atoms with Gasteiger partial charge in [0.2, 0.25) is 5.91 Å². The fraction of sp³-hybridized carbons (Fsp3) is 0.579. The van der Waals surface area contributed by atoms with Gasteiger partial charge in [-0.15, -0.1) is 0 Å². The fourth-order valence-electron chi connectivity index (χ4n) is 3.62. The molecule has 2 heterocycles. The van der Waals surface area contributed by atoms with Crippen molar-refractivity contribution >= 4 is 35.1 Å². The van der Waals surface area contributed by atoms with E-state index in [4.69, 9.17) is 9.47 Å². The number of nitrogens with one attached hydrogen (secondary N) is 3. The molecular weight excluding hydrogens is 380 g/mol. The molecular formula is C19H28N4O4S. The Balaban J connectivity index is 1.59. The van der Waals surface area contributed by atoms with E-state index in [9.17, 15) is 9.59 Å². The molecule has 3 amide bonds. The molecule has 0 radical (unpaired) electrons. The number of rotatable bonds is 6. The number of carbonyl (C=O) groups excluding carboxylic acids is 2. The topological polar surface area (TPSA) is 91.9 Å². The van der Waals surface area contributed by atoms with Crippen LogP contribution in [0, 0.1) is 0 Å². The van der Waals surface area contributed by atoms with Gasteiger partial charge in [0.05, 0.1) is 26.0 Å². The summed E-state index contributed by atoms with van der Waals surface area (Å²) in [5.41, 5.74) is 1.17. The van der Waals surface area contributed by atoms with Crippen LogP contribution in [0.3, 0.4) is 0 Å². The highest BCUT2D eigenvalue weighted by Crippen LogP contribution is 2.33. The van der Waals surface area contributed by atoms with Crippen LogP contribution in [0.5, 0.6) is 5.75 Å². The van der Waals surface area contributed by atoms with E-state index in [1.165, 1.54) is 14.0 Å². The monoisotopic (exact) mass is 408 g/mol. The number of thioether (sulfide) groups is 1. The number of morpholine rings is 1. The number of benzene rings is 1. The Morgan fingerprint density at radius 3 is 2.71 bits per heavy atom. The zero-order valence-corrected chi connectivity index (χ0v) is 17.2. The molecule has 3 rings (SSSR count). The van der Waals surface area contributed by atoms with Gasteiger partial charge >= 0.3 is 6.03 Å². The van der Waals surface area contributed by atoms with Crippen LogP contribution in [0.1, 0.15) is 13.3 Å². The van der Waals surface area contributed by atoms with Gasteiger partial charge in [-0.2, -0.15) is 11.8 Å². The molecule has 1 aromatic rings. The van der Waals surface area contributed by atoms with Crippen molar-refractivity contribution in [1.82, 2.24) is 10.2 Å². The first-order valence-corrected chi connectivity index (χ1v) is 10.6. The first-order valence-electron chi connectivity index (χ1n) is 9.43. The summed E-state index contributed by atoms with van der Waals surface area (Å²) in [6, 6.07) is 4.88. The van der Waals surface area contributed by atoms with Crippen molar-refractivity contribution in [3.63, 3.8) is 0 Å². The van der Waals surface area contributed by atoms with E-state index in [1.807, 2.05) is 11.8 Å². The largest absolute Gasteiger partial charge is 0.494 e. The van der Waals surface area contributed by atoms with Gasteiger partial charge < -0.3 is 25.4 Å². The standard InChI is InChI=1S/C19H28N4O4S/c1-14(24)21-16-4-3-15(11-17(16)26-2)22-18(25)20-12-19(5-10-28-13-19)23-6-8-27-9-7-23/h3-4,11H,5-10,12-13H2,1-2H3,(H,21,24)(H2,20,22,25). The minimum absolute atomic E-state index is 0.00125. The van der Waals surface area contributed by atoms with Gasteiger partial charge in [0.15, 0.2) is 0 Å². The molecule has 154 valence electrons. The molecule has 0 saturated carbocycles. The normalized spacial score (nSPS) is 22.5. The quantitative estimate of drug-likeness (QED) is 0.667. The number of anilines is 2. The Hall–Kier alpha value is -1.97. The lowest BCUT2D eigenvalue weighted by Gasteiger charge is -2.43. The number of carbonyl (C=O) groups is 2. The molecule has 0 spiro atoms. The zero-order chi connectivity index (χ0) is 20.0. The van der Waals surface area contributed by atoms with Gasteiger partial charge in [-0.25, -0.2) is 4.79 Å². The van der Waals surface area contributed by atoms with Crippen molar-refractivity contribution in [2.75, 3.05) is 62.1 Å². The maximum Gasteiger partial charge on any atom is 0.319 e. The molecule has 0 aliphatic carbocycles. The molecule has 1 unspecified atom stereocenters. The summed E-state index contributed by atoms with van der Waals surface area (Å²) in [4.78, 5) is 26.2. The third-order valence-electron chi connectivity index (χ3n) is 5.11. The maximum atomic E-state index is 12.5. The van der Waals surface area contributed by atoms with Gasteiger partial charge in [-0.1, -0.05) is 0 Å². The SMILES string of the molecule is COc1cc(NC(=O)NCC2(N3CCOCC3)CCSC2)ccc1NC(C)=O. The molecule has 8 nitrogen and oxygen atoms in total. The molecule has 0 aromatic heterocycles. The first kappa shape index (κ1) is 20.8. The van der Waals surface area contributed by atoms with Gasteiger partial charge in [-0.05, 0) is 24.3 Å². The van der Waals surface area contributed by atoms with Gasteiger partial charge in [0.25, 0.3) is 0 Å². The fourth-order valence-corrected chi connectivity index (χ4v) is 5.09. The number of hydrogen-bond donors (Lipinski definition) is 3. The summed E-state index contributed by atoms with van der Waals surface area (Å²) in [5, 5.41) is 8.59. The van der Waals surface area contributed by atoms with Crippen molar-refractivity contribution in [3.05, 3.63) is 18.2 Å². The molecule has 0 bridgehead atoms. The lowest BCUT2D eigenvalue weighted by Crippen LogP contribution is -2.59. The Kier molecular flexibility index (Phi) is 7.03. The van der Waals surface area contributed by atoms with Crippen molar-refractivity contribution in [3.8, 4) is 5.75 Å². The number of methoxy groups -OCH3 is 1. The van der Waals surface area contributed by atoms with Crippen molar-refractivity contribution in [1.29, 1.82) is 0 Å². The van der Waals surface area contributed by atoms with E-state index >= 15 is 0 Å². The molecule has 2 fully saturated rings. The zero-order valence-electron chi connectivity index (χ0n) is 16.4. The van der Waals surface area contributed by atoms with Gasteiger partial charge in [0.1, 0.15) is 5.75 Å². The third-order valence-corrected chi connectivity index (χ3v) is 6.35. The van der Waals surface area contributed by atoms with E-state index in [-0.39, 0.29) is 17.5 Å². The number of hydrogen-bond acceptors (Lipinski definition) is 6. The van der Waals surface area contributed by atoms with Crippen molar-refractivity contribution < 1.29 is 19.1 Å². The Labute approximate surface area is 169 Å². The van der Waals surface area contributed by atoms with E-state index in [2.05, 4.69) is 20.9 Å². The van der Waals surface area contributed by atoms with Crippen LogP contribution < -0.4 is 20.7 Å². The minimum atomic E-state index is -0.251. The summed E-state index contributed by atoms with van der Waals surface area (Å²) in [5.74, 6) is 2.44. The molecule has 1 atom stereocenters. The number of ether oxygens (including phenoxy) is 2.